The monoisotopic (exact) mass is 251 g/mol. The summed E-state index contributed by atoms with van der Waals surface area (Å²) in [5.41, 5.74) is 1.52. The molecule has 2 rings (SSSR count). The number of urea groups is 1. The number of hydrogen-bond acceptors (Lipinski definition) is 4. The fourth-order valence-corrected chi connectivity index (χ4v) is 2.10. The predicted octanol–water partition coefficient (Wildman–Crippen LogP) is 1.51. The second-order valence-electron chi connectivity index (χ2n) is 4.52. The van der Waals surface area contributed by atoms with E-state index in [1.54, 1.807) is 13.8 Å². The zero-order valence-electron chi connectivity index (χ0n) is 10.8. The van der Waals surface area contributed by atoms with Gasteiger partial charge in [0.1, 0.15) is 11.8 Å². The Morgan fingerprint density at radius 3 is 2.67 bits per heavy atom. The first-order chi connectivity index (χ1) is 8.54. The van der Waals surface area contributed by atoms with Crippen molar-refractivity contribution in [1.29, 1.82) is 0 Å². The number of amides is 3. The van der Waals surface area contributed by atoms with Crippen LogP contribution in [-0.2, 0) is 11.3 Å². The molecule has 98 valence electrons. The van der Waals surface area contributed by atoms with Gasteiger partial charge in [-0.05, 0) is 20.3 Å². The normalized spacial score (nSPS) is 19.5. The Balaban J connectivity index is 2.15. The van der Waals surface area contributed by atoms with Crippen molar-refractivity contribution in [3.05, 3.63) is 17.0 Å². The van der Waals surface area contributed by atoms with E-state index in [9.17, 15) is 9.59 Å². The van der Waals surface area contributed by atoms with Gasteiger partial charge in [-0.1, -0.05) is 18.5 Å². The summed E-state index contributed by atoms with van der Waals surface area (Å²) in [5, 5.41) is 6.51. The summed E-state index contributed by atoms with van der Waals surface area (Å²) < 4.78 is 5.03. The molecule has 1 aliphatic heterocycles. The lowest BCUT2D eigenvalue weighted by atomic mass is 10.1. The van der Waals surface area contributed by atoms with E-state index < -0.39 is 0 Å². The van der Waals surface area contributed by atoms with Crippen molar-refractivity contribution in [2.24, 2.45) is 0 Å². The smallest absolute Gasteiger partial charge is 0.325 e. The maximum Gasteiger partial charge on any atom is 0.325 e. The highest BCUT2D eigenvalue weighted by Gasteiger charge is 2.37. The third-order valence-electron chi connectivity index (χ3n) is 3.18. The van der Waals surface area contributed by atoms with E-state index in [0.717, 1.165) is 12.0 Å². The minimum Gasteiger partial charge on any atom is -0.361 e. The predicted molar refractivity (Wildman–Crippen MR) is 63.8 cm³/mol. The Morgan fingerprint density at radius 1 is 1.39 bits per heavy atom. The average molecular weight is 251 g/mol. The summed E-state index contributed by atoms with van der Waals surface area (Å²) in [7, 11) is 0. The van der Waals surface area contributed by atoms with Gasteiger partial charge in [0.15, 0.2) is 0 Å². The van der Waals surface area contributed by atoms with Crippen molar-refractivity contribution < 1.29 is 14.1 Å². The molecule has 1 aromatic heterocycles. The Kier molecular flexibility index (Phi) is 3.36. The quantitative estimate of drug-likeness (QED) is 0.823. The van der Waals surface area contributed by atoms with Gasteiger partial charge in [-0.3, -0.25) is 9.69 Å². The van der Waals surface area contributed by atoms with Gasteiger partial charge in [0.25, 0.3) is 5.91 Å². The molecule has 6 heteroatoms. The number of carbonyl (C=O) groups is 2. The van der Waals surface area contributed by atoms with Gasteiger partial charge < -0.3 is 9.84 Å². The summed E-state index contributed by atoms with van der Waals surface area (Å²) in [6.07, 6.45) is 1.53. The molecule has 6 nitrogen and oxygen atoms in total. The van der Waals surface area contributed by atoms with Crippen LogP contribution in [0.25, 0.3) is 0 Å². The van der Waals surface area contributed by atoms with Crippen LogP contribution in [0.15, 0.2) is 4.52 Å². The lowest BCUT2D eigenvalue weighted by molar-refractivity contribution is -0.128. The van der Waals surface area contributed by atoms with Crippen LogP contribution in [0.5, 0.6) is 0 Å². The highest BCUT2D eigenvalue weighted by Crippen LogP contribution is 2.19. The summed E-state index contributed by atoms with van der Waals surface area (Å²) in [6, 6.07) is -0.721. The number of hydrogen-bond donors (Lipinski definition) is 1. The van der Waals surface area contributed by atoms with Crippen LogP contribution in [0.1, 0.15) is 36.8 Å². The van der Waals surface area contributed by atoms with Crippen molar-refractivity contribution in [1.82, 2.24) is 15.4 Å². The summed E-state index contributed by atoms with van der Waals surface area (Å²) >= 11 is 0. The molecule has 1 atom stereocenters. The van der Waals surface area contributed by atoms with Gasteiger partial charge in [0, 0.05) is 5.56 Å². The van der Waals surface area contributed by atoms with E-state index in [1.807, 2.05) is 6.92 Å². The average Bonchev–Trinajstić information content (AvgIpc) is 2.77. The molecule has 3 amide bonds. The molecule has 0 aliphatic carbocycles. The molecule has 1 unspecified atom stereocenters. The van der Waals surface area contributed by atoms with Crippen LogP contribution in [0.2, 0.25) is 0 Å². The number of nitrogens with one attached hydrogen (secondary N) is 1. The molecule has 1 fully saturated rings. The van der Waals surface area contributed by atoms with Crippen LogP contribution in [0.3, 0.4) is 0 Å². The Bertz CT molecular complexity index is 461. The minimum absolute atomic E-state index is 0.165. The van der Waals surface area contributed by atoms with Crippen LogP contribution in [-0.4, -0.2) is 28.0 Å². The Labute approximate surface area is 105 Å². The van der Waals surface area contributed by atoms with Crippen molar-refractivity contribution in [3.63, 3.8) is 0 Å². The van der Waals surface area contributed by atoms with E-state index in [2.05, 4.69) is 10.5 Å². The van der Waals surface area contributed by atoms with Crippen LogP contribution in [0.4, 0.5) is 4.79 Å². The molecule has 1 aromatic rings. The largest absolute Gasteiger partial charge is 0.361 e. The van der Waals surface area contributed by atoms with E-state index in [-0.39, 0.29) is 24.5 Å². The van der Waals surface area contributed by atoms with Gasteiger partial charge >= 0.3 is 6.03 Å². The maximum absolute atomic E-state index is 12.0. The van der Waals surface area contributed by atoms with Crippen LogP contribution in [0, 0.1) is 13.8 Å². The van der Waals surface area contributed by atoms with E-state index >= 15 is 0 Å². The van der Waals surface area contributed by atoms with Crippen molar-refractivity contribution in [2.75, 3.05) is 0 Å². The third-order valence-corrected chi connectivity index (χ3v) is 3.18. The summed E-state index contributed by atoms with van der Waals surface area (Å²) in [4.78, 5) is 25.0. The molecule has 0 saturated carbocycles. The lowest BCUT2D eigenvalue weighted by Crippen LogP contribution is -2.31. The molecule has 1 saturated heterocycles. The number of carbonyl (C=O) groups excluding carboxylic acids is 2. The first-order valence-electron chi connectivity index (χ1n) is 6.08. The second kappa shape index (κ2) is 4.80. The van der Waals surface area contributed by atoms with Crippen LogP contribution < -0.4 is 5.32 Å². The van der Waals surface area contributed by atoms with E-state index in [0.29, 0.717) is 17.9 Å². The standard InChI is InChI=1S/C12H17N3O3/c1-4-5-10-11(16)15(12(17)13-10)6-9-7(2)14-18-8(9)3/h10H,4-6H2,1-3H3,(H,13,17). The highest BCUT2D eigenvalue weighted by molar-refractivity contribution is 6.04. The topological polar surface area (TPSA) is 75.4 Å². The Morgan fingerprint density at radius 2 is 2.11 bits per heavy atom. The number of nitrogens with zero attached hydrogens (tertiary/aromatic N) is 2. The summed E-state index contributed by atoms with van der Waals surface area (Å²) in [5.74, 6) is 0.480. The minimum atomic E-state index is -0.386. The zero-order chi connectivity index (χ0) is 13.3. The number of aryl methyl sites for hydroxylation is 2. The molecular weight excluding hydrogens is 234 g/mol. The van der Waals surface area contributed by atoms with Crippen molar-refractivity contribution >= 4 is 11.9 Å². The van der Waals surface area contributed by atoms with Gasteiger partial charge in [-0.15, -0.1) is 0 Å². The lowest BCUT2D eigenvalue weighted by Gasteiger charge is -2.12. The first-order valence-corrected chi connectivity index (χ1v) is 6.08. The first kappa shape index (κ1) is 12.6. The fourth-order valence-electron chi connectivity index (χ4n) is 2.10. The summed E-state index contributed by atoms with van der Waals surface area (Å²) in [6.45, 7) is 5.79. The van der Waals surface area contributed by atoms with Gasteiger partial charge in [-0.2, -0.15) is 0 Å². The fraction of sp³-hybridized carbons (Fsp3) is 0.583. The molecule has 0 bridgehead atoms. The van der Waals surface area contributed by atoms with Crippen molar-refractivity contribution in [3.8, 4) is 0 Å². The van der Waals surface area contributed by atoms with Gasteiger partial charge in [-0.25, -0.2) is 4.79 Å². The molecule has 1 aliphatic rings. The van der Waals surface area contributed by atoms with Crippen LogP contribution >= 0.6 is 0 Å². The number of aromatic nitrogens is 1. The molecule has 1 N–H and O–H groups in total. The van der Waals surface area contributed by atoms with E-state index in [4.69, 9.17) is 4.52 Å². The molecule has 2 heterocycles. The van der Waals surface area contributed by atoms with E-state index in [1.165, 1.54) is 4.90 Å². The second-order valence-corrected chi connectivity index (χ2v) is 4.52. The highest BCUT2D eigenvalue weighted by atomic mass is 16.5. The SMILES string of the molecule is CCCC1NC(=O)N(Cc2c(C)noc2C)C1=O. The number of imide groups is 1. The maximum atomic E-state index is 12.0. The molecule has 0 spiro atoms. The molecule has 0 aromatic carbocycles. The number of rotatable bonds is 4. The van der Waals surface area contributed by atoms with Gasteiger partial charge in [0.05, 0.1) is 12.2 Å². The molecule has 0 radical (unpaired) electrons. The van der Waals surface area contributed by atoms with Crippen molar-refractivity contribution in [2.45, 2.75) is 46.2 Å². The molecule has 18 heavy (non-hydrogen) atoms. The molecular formula is C12H17N3O3. The Hall–Kier alpha value is -1.85. The zero-order valence-corrected chi connectivity index (χ0v) is 10.8. The third kappa shape index (κ3) is 2.10. The van der Waals surface area contributed by atoms with Gasteiger partial charge in [0.2, 0.25) is 0 Å².